The largest absolute Gasteiger partial charge is 0.508 e. The van der Waals surface area contributed by atoms with E-state index in [0.29, 0.717) is 17.5 Å². The first-order valence-electron chi connectivity index (χ1n) is 16.3. The lowest BCUT2D eigenvalue weighted by molar-refractivity contribution is -0.144. The highest BCUT2D eigenvalue weighted by molar-refractivity contribution is 5.97. The number of nitrogens with zero attached hydrogens (tertiary/aromatic N) is 1. The Morgan fingerprint density at radius 1 is 0.780 bits per heavy atom. The molecule has 0 saturated carbocycles. The van der Waals surface area contributed by atoms with Gasteiger partial charge in [0.1, 0.15) is 42.0 Å². The van der Waals surface area contributed by atoms with Crippen molar-refractivity contribution in [2.45, 2.75) is 75.8 Å². The zero-order valence-electron chi connectivity index (χ0n) is 28.0. The van der Waals surface area contributed by atoms with Crippen LogP contribution in [0.15, 0.2) is 54.6 Å². The number of carbonyl (C=O) groups is 6. The summed E-state index contributed by atoms with van der Waals surface area (Å²) in [6, 6.07) is 7.10. The molecule has 0 aromatic heterocycles. The van der Waals surface area contributed by atoms with Crippen molar-refractivity contribution in [2.24, 2.45) is 11.7 Å². The summed E-state index contributed by atoms with van der Waals surface area (Å²) in [5, 5.41) is 48.3. The molecule has 1 heterocycles. The molecule has 0 spiro atoms. The summed E-state index contributed by atoms with van der Waals surface area (Å²) >= 11 is 0. The number of nitrogens with two attached hydrogens (primary N) is 1. The molecule has 1 aliphatic heterocycles. The lowest BCUT2D eigenvalue weighted by Gasteiger charge is -2.31. The first-order chi connectivity index (χ1) is 23.7. The Kier molecular flexibility index (Phi) is 14.7. The van der Waals surface area contributed by atoms with Crippen LogP contribution in [0.3, 0.4) is 0 Å². The van der Waals surface area contributed by atoms with Crippen molar-refractivity contribution in [2.75, 3.05) is 19.8 Å². The van der Waals surface area contributed by atoms with E-state index in [-0.39, 0.29) is 31.6 Å². The lowest BCUT2D eigenvalue weighted by atomic mass is 10.0. The summed E-state index contributed by atoms with van der Waals surface area (Å²) in [7, 11) is 0. The van der Waals surface area contributed by atoms with Crippen molar-refractivity contribution in [1.82, 2.24) is 26.2 Å². The fourth-order valence-electron chi connectivity index (χ4n) is 5.49. The van der Waals surface area contributed by atoms with E-state index in [0.717, 1.165) is 0 Å². The topological polar surface area (TPSA) is 261 Å². The fourth-order valence-corrected chi connectivity index (χ4v) is 5.49. The zero-order valence-corrected chi connectivity index (χ0v) is 28.0. The number of phenolic OH excluding ortho intramolecular Hbond substituents is 1. The van der Waals surface area contributed by atoms with Gasteiger partial charge in [0.15, 0.2) is 0 Å². The lowest BCUT2D eigenvalue weighted by Crippen LogP contribution is -2.60. The highest BCUT2D eigenvalue weighted by Crippen LogP contribution is 2.21. The maximum atomic E-state index is 14.1. The summed E-state index contributed by atoms with van der Waals surface area (Å²) in [6.45, 7) is 1.81. The Labute approximate surface area is 289 Å². The van der Waals surface area contributed by atoms with Gasteiger partial charge in [-0.1, -0.05) is 56.3 Å². The Morgan fingerprint density at radius 3 is 1.94 bits per heavy atom. The third-order valence-electron chi connectivity index (χ3n) is 8.32. The summed E-state index contributed by atoms with van der Waals surface area (Å²) in [5.74, 6) is -5.60. The fraction of sp³-hybridized carbons (Fsp3) is 0.471. The first kappa shape index (κ1) is 39.4. The minimum Gasteiger partial charge on any atom is -0.508 e. The zero-order chi connectivity index (χ0) is 37.0. The summed E-state index contributed by atoms with van der Waals surface area (Å²) in [5.41, 5.74) is 6.92. The summed E-state index contributed by atoms with van der Waals surface area (Å²) in [4.78, 5) is 79.7. The highest BCUT2D eigenvalue weighted by Gasteiger charge is 2.40. The van der Waals surface area contributed by atoms with Crippen LogP contribution in [0.2, 0.25) is 0 Å². The Morgan fingerprint density at radius 2 is 1.36 bits per heavy atom. The van der Waals surface area contributed by atoms with Crippen molar-refractivity contribution in [3.05, 3.63) is 65.7 Å². The van der Waals surface area contributed by atoms with Crippen molar-refractivity contribution < 1.29 is 49.2 Å². The van der Waals surface area contributed by atoms with Crippen LogP contribution in [0.4, 0.5) is 0 Å². The second-order valence-electron chi connectivity index (χ2n) is 12.5. The van der Waals surface area contributed by atoms with Gasteiger partial charge in [-0.15, -0.1) is 0 Å². The summed E-state index contributed by atoms with van der Waals surface area (Å²) in [6.07, 6.45) is 0.589. The average molecular weight is 699 g/mol. The van der Waals surface area contributed by atoms with E-state index in [4.69, 9.17) is 5.73 Å². The number of aromatic hydroxyl groups is 1. The van der Waals surface area contributed by atoms with Gasteiger partial charge in [-0.3, -0.25) is 24.0 Å². The molecule has 272 valence electrons. The van der Waals surface area contributed by atoms with Crippen molar-refractivity contribution >= 4 is 35.5 Å². The Hall–Kier alpha value is -5.06. The van der Waals surface area contributed by atoms with Gasteiger partial charge in [-0.25, -0.2) is 4.79 Å². The highest BCUT2D eigenvalue weighted by atomic mass is 16.4. The third-order valence-corrected chi connectivity index (χ3v) is 8.32. The van der Waals surface area contributed by atoms with Crippen LogP contribution >= 0.6 is 0 Å². The molecule has 0 unspecified atom stereocenters. The Bertz CT molecular complexity index is 1490. The van der Waals surface area contributed by atoms with Gasteiger partial charge in [0.25, 0.3) is 0 Å². The van der Waals surface area contributed by atoms with Crippen LogP contribution in [0.1, 0.15) is 37.8 Å². The molecule has 10 N–H and O–H groups in total. The molecule has 1 aliphatic rings. The SMILES string of the molecule is CC(C)[C@H](NC(=O)[C@H](CO)NC(=O)[C@@H]1CCCN1C(=O)[C@H](Cc1ccccc1)NC(=O)[C@H](Cc1ccc(O)cc1)NC(=O)[C@@H](N)CO)C(=O)O. The predicted octanol–water partition coefficient (Wildman–Crippen LogP) is -1.84. The van der Waals surface area contributed by atoms with Gasteiger partial charge in [0, 0.05) is 19.4 Å². The maximum Gasteiger partial charge on any atom is 0.326 e. The molecule has 2 aromatic rings. The van der Waals surface area contributed by atoms with E-state index in [1.54, 1.807) is 56.3 Å². The van der Waals surface area contributed by atoms with Crippen LogP contribution in [0.5, 0.6) is 5.75 Å². The molecule has 0 aliphatic carbocycles. The average Bonchev–Trinajstić information content (AvgIpc) is 3.59. The predicted molar refractivity (Wildman–Crippen MR) is 179 cm³/mol. The van der Waals surface area contributed by atoms with Crippen LogP contribution in [0.25, 0.3) is 0 Å². The molecule has 16 heteroatoms. The number of rotatable bonds is 17. The first-order valence-corrected chi connectivity index (χ1v) is 16.3. The number of hydrogen-bond donors (Lipinski definition) is 9. The van der Waals surface area contributed by atoms with Gasteiger partial charge in [0.05, 0.1) is 13.2 Å². The molecule has 5 amide bonds. The second kappa shape index (κ2) is 18.6. The number of aliphatic carboxylic acids is 1. The molecule has 6 atom stereocenters. The molecule has 16 nitrogen and oxygen atoms in total. The number of aliphatic hydroxyl groups is 2. The van der Waals surface area contributed by atoms with Gasteiger partial charge < -0.3 is 52.3 Å². The number of nitrogens with one attached hydrogen (secondary N) is 4. The number of hydrogen-bond acceptors (Lipinski definition) is 10. The monoisotopic (exact) mass is 698 g/mol. The van der Waals surface area contributed by atoms with E-state index in [1.807, 2.05) is 0 Å². The molecule has 2 aromatic carbocycles. The van der Waals surface area contributed by atoms with Gasteiger partial charge in [0.2, 0.25) is 29.5 Å². The van der Waals surface area contributed by atoms with Gasteiger partial charge in [-0.2, -0.15) is 0 Å². The van der Waals surface area contributed by atoms with Crippen LogP contribution in [0, 0.1) is 5.92 Å². The van der Waals surface area contributed by atoms with Gasteiger partial charge in [-0.05, 0) is 42.0 Å². The number of likely N-dealkylation sites (tertiary alicyclic amines) is 1. The van der Waals surface area contributed by atoms with E-state index in [9.17, 15) is 49.2 Å². The number of carbonyl (C=O) groups excluding carboxylic acids is 5. The van der Waals surface area contributed by atoms with Crippen LogP contribution in [-0.2, 0) is 41.6 Å². The Balaban J connectivity index is 1.84. The molecule has 50 heavy (non-hydrogen) atoms. The van der Waals surface area contributed by atoms with Crippen LogP contribution < -0.4 is 27.0 Å². The number of benzene rings is 2. The number of phenols is 1. The van der Waals surface area contributed by atoms with Crippen molar-refractivity contribution in [3.8, 4) is 5.75 Å². The third kappa shape index (κ3) is 11.0. The molecule has 1 saturated heterocycles. The molecule has 0 radical (unpaired) electrons. The molecule has 0 bridgehead atoms. The molecule has 1 fully saturated rings. The maximum absolute atomic E-state index is 14.1. The minimum atomic E-state index is -1.49. The van der Waals surface area contributed by atoms with E-state index in [2.05, 4.69) is 21.3 Å². The molecular formula is C34H46N6O10. The van der Waals surface area contributed by atoms with E-state index < -0.39 is 90.9 Å². The number of carboxylic acids is 1. The standard InChI is InChI=1S/C34H46N6O10/c1-19(2)28(34(49)50)39-31(46)26(18-42)38-32(47)27-9-6-14-40(27)33(48)25(16-20-7-4-3-5-8-20)37-30(45)24(36-29(44)23(35)17-41)15-21-10-12-22(43)13-11-21/h3-5,7-8,10-13,19,23-28,41-43H,6,9,14-18,35H2,1-2H3,(H,36,44)(H,37,45)(H,38,47)(H,39,46)(H,49,50)/t23-,24-,25-,26-,27-,28-/m0/s1. The van der Waals surface area contributed by atoms with E-state index >= 15 is 0 Å². The van der Waals surface area contributed by atoms with Crippen molar-refractivity contribution in [3.63, 3.8) is 0 Å². The normalized spacial score (nSPS) is 17.2. The van der Waals surface area contributed by atoms with Crippen molar-refractivity contribution in [1.29, 1.82) is 0 Å². The molecular weight excluding hydrogens is 652 g/mol. The van der Waals surface area contributed by atoms with Gasteiger partial charge >= 0.3 is 5.97 Å². The quantitative estimate of drug-likeness (QED) is 0.0887. The second-order valence-corrected chi connectivity index (χ2v) is 12.5. The number of aliphatic hydroxyl groups excluding tert-OH is 2. The van der Waals surface area contributed by atoms with E-state index in [1.165, 1.54) is 17.0 Å². The van der Waals surface area contributed by atoms with Crippen LogP contribution in [-0.4, -0.2) is 117 Å². The number of amides is 5. The number of carboxylic acid groups (broad SMARTS) is 1. The molecule has 3 rings (SSSR count). The summed E-state index contributed by atoms with van der Waals surface area (Å²) < 4.78 is 0. The minimum absolute atomic E-state index is 0.00947. The smallest absolute Gasteiger partial charge is 0.326 e.